The van der Waals surface area contributed by atoms with Gasteiger partial charge in [0.05, 0.1) is 5.56 Å². The predicted molar refractivity (Wildman–Crippen MR) is 100 cm³/mol. The third-order valence-corrected chi connectivity index (χ3v) is 3.67. The van der Waals surface area contributed by atoms with Crippen molar-refractivity contribution in [2.24, 2.45) is 0 Å². The Morgan fingerprint density at radius 3 is 2.12 bits per heavy atom. The van der Waals surface area contributed by atoms with E-state index >= 15 is 0 Å². The predicted octanol–water partition coefficient (Wildman–Crippen LogP) is 4.67. The Morgan fingerprint density at radius 2 is 1.38 bits per heavy atom. The SMILES string of the molecule is Cc1ccc(OC(=O)c2cccc(OCCOc3ccccc3)c2)cc1. The van der Waals surface area contributed by atoms with Crippen LogP contribution in [0.5, 0.6) is 17.2 Å². The normalized spacial score (nSPS) is 10.2. The van der Waals surface area contributed by atoms with Crippen molar-refractivity contribution in [2.45, 2.75) is 6.92 Å². The molecule has 0 heterocycles. The second-order valence-electron chi connectivity index (χ2n) is 5.74. The van der Waals surface area contributed by atoms with Gasteiger partial charge in [0.25, 0.3) is 0 Å². The van der Waals surface area contributed by atoms with Crippen LogP contribution in [0, 0.1) is 6.92 Å². The standard InChI is InChI=1S/C22H20O4/c1-17-10-12-20(13-11-17)26-22(23)18-6-5-9-21(16-18)25-15-14-24-19-7-3-2-4-8-19/h2-13,16H,14-15H2,1H3. The van der Waals surface area contributed by atoms with Crippen LogP contribution < -0.4 is 14.2 Å². The van der Waals surface area contributed by atoms with E-state index in [-0.39, 0.29) is 0 Å². The second-order valence-corrected chi connectivity index (χ2v) is 5.74. The summed E-state index contributed by atoms with van der Waals surface area (Å²) in [6, 6.07) is 23.8. The fourth-order valence-corrected chi connectivity index (χ4v) is 2.32. The van der Waals surface area contributed by atoms with E-state index in [2.05, 4.69) is 0 Å². The minimum absolute atomic E-state index is 0.380. The van der Waals surface area contributed by atoms with Crippen molar-refractivity contribution in [1.29, 1.82) is 0 Å². The number of ether oxygens (including phenoxy) is 3. The highest BCUT2D eigenvalue weighted by atomic mass is 16.5. The number of benzene rings is 3. The van der Waals surface area contributed by atoms with Gasteiger partial charge in [0, 0.05) is 0 Å². The lowest BCUT2D eigenvalue weighted by Crippen LogP contribution is -2.11. The first-order chi connectivity index (χ1) is 12.7. The Morgan fingerprint density at radius 1 is 0.731 bits per heavy atom. The number of para-hydroxylation sites is 1. The monoisotopic (exact) mass is 348 g/mol. The van der Waals surface area contributed by atoms with Crippen molar-refractivity contribution in [1.82, 2.24) is 0 Å². The van der Waals surface area contributed by atoms with Crippen molar-refractivity contribution in [3.05, 3.63) is 90.0 Å². The highest BCUT2D eigenvalue weighted by Gasteiger charge is 2.09. The molecule has 0 N–H and O–H groups in total. The maximum absolute atomic E-state index is 12.3. The van der Waals surface area contributed by atoms with Crippen LogP contribution in [0.1, 0.15) is 15.9 Å². The maximum Gasteiger partial charge on any atom is 0.343 e. The zero-order valence-corrected chi connectivity index (χ0v) is 14.6. The summed E-state index contributed by atoms with van der Waals surface area (Å²) in [6.07, 6.45) is 0. The van der Waals surface area contributed by atoms with E-state index in [4.69, 9.17) is 14.2 Å². The van der Waals surface area contributed by atoms with Gasteiger partial charge in [-0.3, -0.25) is 0 Å². The van der Waals surface area contributed by atoms with Gasteiger partial charge >= 0.3 is 5.97 Å². The molecule has 4 nitrogen and oxygen atoms in total. The van der Waals surface area contributed by atoms with E-state index in [1.807, 2.05) is 49.4 Å². The average molecular weight is 348 g/mol. The van der Waals surface area contributed by atoms with Gasteiger partial charge in [0.1, 0.15) is 30.5 Å². The van der Waals surface area contributed by atoms with Crippen LogP contribution in [0.3, 0.4) is 0 Å². The Hall–Kier alpha value is -3.27. The number of esters is 1. The van der Waals surface area contributed by atoms with E-state index in [0.717, 1.165) is 11.3 Å². The van der Waals surface area contributed by atoms with Crippen LogP contribution in [0.15, 0.2) is 78.9 Å². The highest BCUT2D eigenvalue weighted by molar-refractivity contribution is 5.91. The van der Waals surface area contributed by atoms with Crippen molar-refractivity contribution in [2.75, 3.05) is 13.2 Å². The first-order valence-electron chi connectivity index (χ1n) is 8.40. The number of hydrogen-bond donors (Lipinski definition) is 0. The number of aryl methyl sites for hydroxylation is 1. The third kappa shape index (κ3) is 5.11. The van der Waals surface area contributed by atoms with Gasteiger partial charge in [-0.2, -0.15) is 0 Å². The average Bonchev–Trinajstić information content (AvgIpc) is 2.68. The second kappa shape index (κ2) is 8.72. The van der Waals surface area contributed by atoms with E-state index < -0.39 is 5.97 Å². The van der Waals surface area contributed by atoms with Gasteiger partial charge in [0.15, 0.2) is 0 Å². The van der Waals surface area contributed by atoms with Gasteiger partial charge < -0.3 is 14.2 Å². The summed E-state index contributed by atoms with van der Waals surface area (Å²) in [7, 11) is 0. The molecule has 3 rings (SSSR count). The van der Waals surface area contributed by atoms with Crippen molar-refractivity contribution < 1.29 is 19.0 Å². The zero-order valence-electron chi connectivity index (χ0n) is 14.6. The summed E-state index contributed by atoms with van der Waals surface area (Å²) in [5, 5.41) is 0. The molecule has 0 radical (unpaired) electrons. The minimum Gasteiger partial charge on any atom is -0.490 e. The molecule has 0 saturated carbocycles. The van der Waals surface area contributed by atoms with Gasteiger partial charge in [-0.1, -0.05) is 42.0 Å². The van der Waals surface area contributed by atoms with Gasteiger partial charge in [-0.25, -0.2) is 4.79 Å². The molecule has 0 bridgehead atoms. The number of hydrogen-bond acceptors (Lipinski definition) is 4. The Balaban J connectivity index is 1.52. The number of carbonyl (C=O) groups excluding carboxylic acids is 1. The van der Waals surface area contributed by atoms with Crippen molar-refractivity contribution in [3.8, 4) is 17.2 Å². The summed E-state index contributed by atoms with van der Waals surface area (Å²) >= 11 is 0. The quantitative estimate of drug-likeness (QED) is 0.353. The Kier molecular flexibility index (Phi) is 5.88. The Labute approximate surface area is 153 Å². The zero-order chi connectivity index (χ0) is 18.2. The minimum atomic E-state index is -0.417. The molecule has 132 valence electrons. The molecule has 0 atom stereocenters. The van der Waals surface area contributed by atoms with Gasteiger partial charge in [-0.15, -0.1) is 0 Å². The molecule has 0 saturated heterocycles. The molecule has 0 aliphatic carbocycles. The molecule has 4 heteroatoms. The molecule has 0 aromatic heterocycles. The lowest BCUT2D eigenvalue weighted by Gasteiger charge is -2.09. The van der Waals surface area contributed by atoms with E-state index in [9.17, 15) is 4.79 Å². The largest absolute Gasteiger partial charge is 0.490 e. The Bertz CT molecular complexity index is 842. The molecule has 0 fully saturated rings. The summed E-state index contributed by atoms with van der Waals surface area (Å²) in [5.41, 5.74) is 1.55. The summed E-state index contributed by atoms with van der Waals surface area (Å²) < 4.78 is 16.6. The molecule has 0 unspecified atom stereocenters. The van der Waals surface area contributed by atoms with E-state index in [1.54, 1.807) is 36.4 Å². The molecular formula is C22H20O4. The first-order valence-corrected chi connectivity index (χ1v) is 8.40. The topological polar surface area (TPSA) is 44.8 Å². The fourth-order valence-electron chi connectivity index (χ4n) is 2.32. The lowest BCUT2D eigenvalue weighted by molar-refractivity contribution is 0.0734. The van der Waals surface area contributed by atoms with Gasteiger partial charge in [-0.05, 0) is 49.4 Å². The molecule has 3 aromatic rings. The molecule has 0 aliphatic rings. The smallest absolute Gasteiger partial charge is 0.343 e. The van der Waals surface area contributed by atoms with Crippen molar-refractivity contribution >= 4 is 5.97 Å². The van der Waals surface area contributed by atoms with Crippen LogP contribution in [0.2, 0.25) is 0 Å². The highest BCUT2D eigenvalue weighted by Crippen LogP contribution is 2.17. The van der Waals surface area contributed by atoms with Crippen LogP contribution in [0.25, 0.3) is 0 Å². The van der Waals surface area contributed by atoms with Crippen LogP contribution in [-0.2, 0) is 0 Å². The van der Waals surface area contributed by atoms with E-state index in [0.29, 0.717) is 30.3 Å². The fraction of sp³-hybridized carbons (Fsp3) is 0.136. The van der Waals surface area contributed by atoms with Crippen molar-refractivity contribution in [3.63, 3.8) is 0 Å². The molecule has 0 amide bonds. The third-order valence-electron chi connectivity index (χ3n) is 3.67. The molecule has 0 spiro atoms. The molecular weight excluding hydrogens is 328 g/mol. The molecule has 26 heavy (non-hydrogen) atoms. The maximum atomic E-state index is 12.3. The van der Waals surface area contributed by atoms with Gasteiger partial charge in [0.2, 0.25) is 0 Å². The molecule has 3 aromatic carbocycles. The van der Waals surface area contributed by atoms with Crippen LogP contribution in [0.4, 0.5) is 0 Å². The number of rotatable bonds is 7. The summed E-state index contributed by atoms with van der Waals surface area (Å²) in [5.74, 6) is 1.49. The lowest BCUT2D eigenvalue weighted by atomic mass is 10.2. The summed E-state index contributed by atoms with van der Waals surface area (Å²) in [4.78, 5) is 12.3. The van der Waals surface area contributed by atoms with E-state index in [1.165, 1.54) is 0 Å². The van der Waals surface area contributed by atoms with Crippen LogP contribution >= 0.6 is 0 Å². The van der Waals surface area contributed by atoms with Crippen LogP contribution in [-0.4, -0.2) is 19.2 Å². The molecule has 0 aliphatic heterocycles. The summed E-state index contributed by atoms with van der Waals surface area (Å²) in [6.45, 7) is 2.78. The first kappa shape index (κ1) is 17.5. The number of carbonyl (C=O) groups is 1.